The molecular weight excluding hydrogens is 212 g/mol. The Morgan fingerprint density at radius 2 is 2.27 bits per heavy atom. The first kappa shape index (κ1) is 11.6. The Balaban J connectivity index is 2.86. The average molecular weight is 225 g/mol. The van der Waals surface area contributed by atoms with E-state index < -0.39 is 0 Å². The maximum absolute atomic E-state index is 11.7. The van der Waals surface area contributed by atoms with Crippen molar-refractivity contribution < 1.29 is 4.79 Å². The Hall–Kier alpha value is -1.48. The zero-order chi connectivity index (χ0) is 11.4. The fourth-order valence-corrected chi connectivity index (χ4v) is 1.37. The lowest BCUT2D eigenvalue weighted by molar-refractivity contribution is 0.0958. The highest BCUT2D eigenvalue weighted by Gasteiger charge is 2.12. The molecule has 0 fully saturated rings. The van der Waals surface area contributed by atoms with Gasteiger partial charge >= 0.3 is 0 Å². The van der Waals surface area contributed by atoms with Gasteiger partial charge in [0.15, 0.2) is 0 Å². The molecule has 0 aliphatic heterocycles. The summed E-state index contributed by atoms with van der Waals surface area (Å²) in [4.78, 5) is 11.7. The van der Waals surface area contributed by atoms with Gasteiger partial charge < -0.3 is 11.1 Å². The first-order chi connectivity index (χ1) is 7.02. The van der Waals surface area contributed by atoms with E-state index in [9.17, 15) is 4.79 Å². The number of hydrogen-bond donors (Lipinski definition) is 2. The summed E-state index contributed by atoms with van der Waals surface area (Å²) in [6, 6.07) is 4.97. The van der Waals surface area contributed by atoms with Gasteiger partial charge in [0.1, 0.15) is 0 Å². The van der Waals surface area contributed by atoms with Gasteiger partial charge in [-0.3, -0.25) is 4.79 Å². The number of nitrogen functional groups attached to an aromatic ring is 1. The molecule has 1 rings (SSSR count). The van der Waals surface area contributed by atoms with Gasteiger partial charge in [0.2, 0.25) is 0 Å². The lowest BCUT2D eigenvalue weighted by atomic mass is 10.1. The van der Waals surface area contributed by atoms with Crippen LogP contribution in [0.2, 0.25) is 5.02 Å². The largest absolute Gasteiger partial charge is 0.398 e. The van der Waals surface area contributed by atoms with Crippen molar-refractivity contribution in [2.24, 2.45) is 0 Å². The molecule has 0 aromatic heterocycles. The predicted octanol–water partition coefficient (Wildman–Crippen LogP) is 2.23. The first-order valence-corrected chi connectivity index (χ1v) is 4.86. The number of nitrogens with one attached hydrogen (secondary N) is 1. The smallest absolute Gasteiger partial charge is 0.255 e. The van der Waals surface area contributed by atoms with E-state index in [4.69, 9.17) is 17.3 Å². The number of carbonyl (C=O) groups is 1. The van der Waals surface area contributed by atoms with Crippen LogP contribution < -0.4 is 11.1 Å². The van der Waals surface area contributed by atoms with Gasteiger partial charge in [-0.05, 0) is 19.1 Å². The van der Waals surface area contributed by atoms with Crippen molar-refractivity contribution >= 4 is 23.2 Å². The quantitative estimate of drug-likeness (QED) is 0.611. The summed E-state index contributed by atoms with van der Waals surface area (Å²) in [5, 5.41) is 3.03. The molecular formula is C11H13ClN2O. The first-order valence-electron chi connectivity index (χ1n) is 4.49. The molecule has 0 spiro atoms. The molecule has 3 nitrogen and oxygen atoms in total. The number of hydrogen-bond acceptors (Lipinski definition) is 2. The Bertz CT molecular complexity index is 381. The molecule has 1 aromatic carbocycles. The van der Waals surface area contributed by atoms with Crippen LogP contribution in [0.5, 0.6) is 0 Å². The van der Waals surface area contributed by atoms with Gasteiger partial charge in [0, 0.05) is 12.2 Å². The number of carbonyl (C=O) groups excluding carboxylic acids is 1. The minimum absolute atomic E-state index is 0.277. The van der Waals surface area contributed by atoms with Crippen LogP contribution in [0.15, 0.2) is 30.4 Å². The molecule has 0 aliphatic carbocycles. The van der Waals surface area contributed by atoms with E-state index in [0.29, 0.717) is 22.8 Å². The molecule has 0 unspecified atom stereocenters. The molecule has 0 saturated heterocycles. The number of rotatable bonds is 3. The number of amides is 1. The second-order valence-corrected chi connectivity index (χ2v) is 3.75. The van der Waals surface area contributed by atoms with Gasteiger partial charge in [-0.25, -0.2) is 0 Å². The lowest BCUT2D eigenvalue weighted by Crippen LogP contribution is -2.26. The van der Waals surface area contributed by atoms with Gasteiger partial charge in [-0.15, -0.1) is 0 Å². The predicted molar refractivity (Wildman–Crippen MR) is 63.0 cm³/mol. The Kier molecular flexibility index (Phi) is 3.74. The van der Waals surface area contributed by atoms with Crippen molar-refractivity contribution in [1.82, 2.24) is 5.32 Å². The molecule has 4 heteroatoms. The van der Waals surface area contributed by atoms with Crippen LogP contribution in [0.25, 0.3) is 0 Å². The summed E-state index contributed by atoms with van der Waals surface area (Å²) in [6.45, 7) is 5.94. The van der Waals surface area contributed by atoms with Crippen LogP contribution in [-0.2, 0) is 0 Å². The van der Waals surface area contributed by atoms with Crippen LogP contribution in [-0.4, -0.2) is 12.5 Å². The number of benzene rings is 1. The summed E-state index contributed by atoms with van der Waals surface area (Å²) in [5.41, 5.74) is 7.23. The highest BCUT2D eigenvalue weighted by molar-refractivity contribution is 6.34. The van der Waals surface area contributed by atoms with E-state index >= 15 is 0 Å². The molecule has 1 amide bonds. The summed E-state index contributed by atoms with van der Waals surface area (Å²) in [7, 11) is 0. The van der Waals surface area contributed by atoms with Gasteiger partial charge in [-0.1, -0.05) is 29.8 Å². The van der Waals surface area contributed by atoms with E-state index in [2.05, 4.69) is 11.9 Å². The summed E-state index contributed by atoms with van der Waals surface area (Å²) < 4.78 is 0. The summed E-state index contributed by atoms with van der Waals surface area (Å²) >= 11 is 5.88. The topological polar surface area (TPSA) is 55.1 Å². The molecule has 1 aromatic rings. The molecule has 80 valence electrons. The van der Waals surface area contributed by atoms with Crippen LogP contribution in [0.1, 0.15) is 17.3 Å². The maximum Gasteiger partial charge on any atom is 0.255 e. The summed E-state index contributed by atoms with van der Waals surface area (Å²) in [6.07, 6.45) is 0. The Morgan fingerprint density at radius 1 is 1.60 bits per heavy atom. The second kappa shape index (κ2) is 4.84. The highest BCUT2D eigenvalue weighted by Crippen LogP contribution is 2.21. The fourth-order valence-electron chi connectivity index (χ4n) is 1.10. The third-order valence-corrected chi connectivity index (χ3v) is 2.14. The number of nitrogens with two attached hydrogens (primary N) is 1. The lowest BCUT2D eigenvalue weighted by Gasteiger charge is -2.08. The van der Waals surface area contributed by atoms with Crippen LogP contribution in [0, 0.1) is 0 Å². The minimum Gasteiger partial charge on any atom is -0.398 e. The van der Waals surface area contributed by atoms with E-state index in [1.807, 2.05) is 6.92 Å². The molecule has 0 bridgehead atoms. The highest BCUT2D eigenvalue weighted by atomic mass is 35.5. The van der Waals surface area contributed by atoms with Crippen LogP contribution >= 0.6 is 11.6 Å². The molecule has 0 radical (unpaired) electrons. The van der Waals surface area contributed by atoms with E-state index in [1.165, 1.54) is 0 Å². The van der Waals surface area contributed by atoms with Gasteiger partial charge in [0.05, 0.1) is 10.6 Å². The third kappa shape index (κ3) is 2.99. The van der Waals surface area contributed by atoms with Crippen molar-refractivity contribution in [2.45, 2.75) is 6.92 Å². The van der Waals surface area contributed by atoms with Crippen molar-refractivity contribution in [2.75, 3.05) is 12.3 Å². The summed E-state index contributed by atoms with van der Waals surface area (Å²) in [5.74, 6) is -0.277. The second-order valence-electron chi connectivity index (χ2n) is 3.34. The van der Waals surface area contributed by atoms with E-state index in [1.54, 1.807) is 18.2 Å². The van der Waals surface area contributed by atoms with E-state index in [0.717, 1.165) is 5.57 Å². The number of halogens is 1. The molecule has 15 heavy (non-hydrogen) atoms. The Labute approximate surface area is 93.9 Å². The van der Waals surface area contributed by atoms with Gasteiger partial charge in [0.25, 0.3) is 5.91 Å². The van der Waals surface area contributed by atoms with Crippen molar-refractivity contribution in [3.63, 3.8) is 0 Å². The van der Waals surface area contributed by atoms with Gasteiger partial charge in [-0.2, -0.15) is 0 Å². The molecule has 0 saturated carbocycles. The zero-order valence-corrected chi connectivity index (χ0v) is 9.27. The number of anilines is 1. The van der Waals surface area contributed by atoms with Crippen LogP contribution in [0.4, 0.5) is 5.69 Å². The fraction of sp³-hybridized carbons (Fsp3) is 0.182. The molecule has 0 aliphatic rings. The molecule has 0 heterocycles. The molecule has 0 atom stereocenters. The van der Waals surface area contributed by atoms with Crippen molar-refractivity contribution in [3.8, 4) is 0 Å². The molecule has 3 N–H and O–H groups in total. The minimum atomic E-state index is -0.277. The van der Waals surface area contributed by atoms with Crippen LogP contribution in [0.3, 0.4) is 0 Å². The zero-order valence-electron chi connectivity index (χ0n) is 8.51. The standard InChI is InChI=1S/C11H13ClN2O/c1-7(2)6-14-11(15)10-8(12)4-3-5-9(10)13/h3-5H,1,6,13H2,2H3,(H,14,15). The maximum atomic E-state index is 11.7. The van der Waals surface area contributed by atoms with Crippen molar-refractivity contribution in [3.05, 3.63) is 40.9 Å². The normalized spacial score (nSPS) is 9.73. The SMILES string of the molecule is C=C(C)CNC(=O)c1c(N)cccc1Cl. The van der Waals surface area contributed by atoms with E-state index in [-0.39, 0.29) is 5.91 Å². The Morgan fingerprint density at radius 3 is 2.80 bits per heavy atom. The average Bonchev–Trinajstić information content (AvgIpc) is 2.14. The monoisotopic (exact) mass is 224 g/mol. The van der Waals surface area contributed by atoms with Crippen molar-refractivity contribution in [1.29, 1.82) is 0 Å². The third-order valence-electron chi connectivity index (χ3n) is 1.82.